The van der Waals surface area contributed by atoms with E-state index in [0.29, 0.717) is 19.5 Å². The van der Waals surface area contributed by atoms with Crippen LogP contribution in [0.3, 0.4) is 0 Å². The van der Waals surface area contributed by atoms with Crippen molar-refractivity contribution in [3.63, 3.8) is 0 Å². The fourth-order valence-electron chi connectivity index (χ4n) is 1.84. The summed E-state index contributed by atoms with van der Waals surface area (Å²) in [6.07, 6.45) is 4.04. The van der Waals surface area contributed by atoms with Crippen molar-refractivity contribution in [2.45, 2.75) is 25.9 Å². The zero-order chi connectivity index (χ0) is 10.8. The maximum atomic E-state index is 11.5. The van der Waals surface area contributed by atoms with Crippen LogP contribution in [0.5, 0.6) is 0 Å². The van der Waals surface area contributed by atoms with Crippen LogP contribution in [0.25, 0.3) is 0 Å². The summed E-state index contributed by atoms with van der Waals surface area (Å²) >= 11 is 0. The number of carbonyl (C=O) groups is 1. The molecule has 0 aliphatic carbocycles. The van der Waals surface area contributed by atoms with Crippen LogP contribution in [0.15, 0.2) is 18.5 Å². The zero-order valence-electron chi connectivity index (χ0n) is 8.81. The lowest BCUT2D eigenvalue weighted by molar-refractivity contribution is -0.128. The van der Waals surface area contributed by atoms with Crippen molar-refractivity contribution in [1.29, 1.82) is 0 Å². The molecule has 4 heteroatoms. The SMILES string of the molecule is Cc1cnccc1CN1CC(N)CC1=O. The summed E-state index contributed by atoms with van der Waals surface area (Å²) in [5.41, 5.74) is 7.99. The van der Waals surface area contributed by atoms with E-state index in [-0.39, 0.29) is 11.9 Å². The van der Waals surface area contributed by atoms with Crippen LogP contribution in [0.4, 0.5) is 0 Å². The molecule has 1 aliphatic heterocycles. The Morgan fingerprint density at radius 3 is 3.07 bits per heavy atom. The van der Waals surface area contributed by atoms with Crippen LogP contribution in [-0.4, -0.2) is 28.4 Å². The van der Waals surface area contributed by atoms with Gasteiger partial charge in [0.25, 0.3) is 0 Å². The molecular formula is C11H15N3O. The van der Waals surface area contributed by atoms with Crippen LogP contribution in [-0.2, 0) is 11.3 Å². The van der Waals surface area contributed by atoms with Crippen LogP contribution >= 0.6 is 0 Å². The molecule has 2 rings (SSSR count). The first kappa shape index (κ1) is 10.1. The van der Waals surface area contributed by atoms with Gasteiger partial charge in [-0.1, -0.05) is 0 Å². The Labute approximate surface area is 89.1 Å². The lowest BCUT2D eigenvalue weighted by atomic mass is 10.1. The Bertz CT molecular complexity index is 378. The predicted octanol–water partition coefficient (Wildman–Crippen LogP) is 0.450. The van der Waals surface area contributed by atoms with Crippen LogP contribution in [0.2, 0.25) is 0 Å². The molecule has 0 spiro atoms. The predicted molar refractivity (Wildman–Crippen MR) is 57.0 cm³/mol. The van der Waals surface area contributed by atoms with Gasteiger partial charge in [-0.05, 0) is 24.1 Å². The first-order valence-corrected chi connectivity index (χ1v) is 5.09. The van der Waals surface area contributed by atoms with E-state index < -0.39 is 0 Å². The number of aromatic nitrogens is 1. The van der Waals surface area contributed by atoms with Crippen molar-refractivity contribution in [1.82, 2.24) is 9.88 Å². The third-order valence-corrected chi connectivity index (χ3v) is 2.74. The Kier molecular flexibility index (Phi) is 2.68. The third kappa shape index (κ3) is 2.15. The van der Waals surface area contributed by atoms with Gasteiger partial charge in [0.05, 0.1) is 0 Å². The minimum atomic E-state index is -0.000330. The molecule has 4 nitrogen and oxygen atoms in total. The van der Waals surface area contributed by atoms with Gasteiger partial charge < -0.3 is 10.6 Å². The molecule has 1 fully saturated rings. The number of carbonyl (C=O) groups excluding carboxylic acids is 1. The molecule has 0 radical (unpaired) electrons. The number of amides is 1. The molecule has 0 bridgehead atoms. The van der Waals surface area contributed by atoms with Gasteiger partial charge in [0.15, 0.2) is 0 Å². The lowest BCUT2D eigenvalue weighted by Gasteiger charge is -2.16. The summed E-state index contributed by atoms with van der Waals surface area (Å²) in [6.45, 7) is 3.32. The van der Waals surface area contributed by atoms with Gasteiger partial charge >= 0.3 is 0 Å². The highest BCUT2D eigenvalue weighted by molar-refractivity contribution is 5.79. The smallest absolute Gasteiger partial charge is 0.224 e. The molecule has 1 amide bonds. The molecule has 1 saturated heterocycles. The highest BCUT2D eigenvalue weighted by Gasteiger charge is 2.26. The quantitative estimate of drug-likeness (QED) is 0.762. The van der Waals surface area contributed by atoms with Crippen molar-refractivity contribution in [3.05, 3.63) is 29.6 Å². The lowest BCUT2D eigenvalue weighted by Crippen LogP contribution is -2.28. The van der Waals surface area contributed by atoms with Crippen LogP contribution in [0, 0.1) is 6.92 Å². The maximum Gasteiger partial charge on any atom is 0.224 e. The molecule has 0 saturated carbocycles. The van der Waals surface area contributed by atoms with Gasteiger partial charge in [-0.3, -0.25) is 9.78 Å². The molecule has 0 aromatic carbocycles. The average molecular weight is 205 g/mol. The third-order valence-electron chi connectivity index (χ3n) is 2.74. The second-order valence-corrected chi connectivity index (χ2v) is 4.04. The summed E-state index contributed by atoms with van der Waals surface area (Å²) in [4.78, 5) is 17.4. The van der Waals surface area contributed by atoms with E-state index in [1.165, 1.54) is 0 Å². The summed E-state index contributed by atoms with van der Waals surface area (Å²) < 4.78 is 0. The van der Waals surface area contributed by atoms with E-state index in [1.807, 2.05) is 24.1 Å². The first-order chi connectivity index (χ1) is 7.16. The molecule has 80 valence electrons. The minimum Gasteiger partial charge on any atom is -0.337 e. The van der Waals surface area contributed by atoms with Crippen LogP contribution < -0.4 is 5.73 Å². The molecular weight excluding hydrogens is 190 g/mol. The molecule has 1 aliphatic rings. The van der Waals surface area contributed by atoms with Crippen molar-refractivity contribution in [2.75, 3.05) is 6.54 Å². The number of aryl methyl sites for hydroxylation is 1. The monoisotopic (exact) mass is 205 g/mol. The van der Waals surface area contributed by atoms with Gasteiger partial charge in [0.2, 0.25) is 5.91 Å². The number of likely N-dealkylation sites (tertiary alicyclic amines) is 1. The van der Waals surface area contributed by atoms with Gasteiger partial charge in [0, 0.05) is 37.9 Å². The number of hydrogen-bond acceptors (Lipinski definition) is 3. The number of pyridine rings is 1. The number of nitrogens with zero attached hydrogens (tertiary/aromatic N) is 2. The van der Waals surface area contributed by atoms with E-state index >= 15 is 0 Å². The van der Waals surface area contributed by atoms with Gasteiger partial charge in [-0.15, -0.1) is 0 Å². The topological polar surface area (TPSA) is 59.2 Å². The Balaban J connectivity index is 2.09. The second-order valence-electron chi connectivity index (χ2n) is 4.04. The number of rotatable bonds is 2. The fraction of sp³-hybridized carbons (Fsp3) is 0.455. The highest BCUT2D eigenvalue weighted by Crippen LogP contribution is 2.15. The summed E-state index contributed by atoms with van der Waals surface area (Å²) in [6, 6.07) is 1.95. The molecule has 1 aromatic rings. The van der Waals surface area contributed by atoms with E-state index in [9.17, 15) is 4.79 Å². The molecule has 2 N–H and O–H groups in total. The van der Waals surface area contributed by atoms with Crippen molar-refractivity contribution in [2.24, 2.45) is 5.73 Å². The van der Waals surface area contributed by atoms with Gasteiger partial charge in [-0.2, -0.15) is 0 Å². The normalized spacial score (nSPS) is 21.1. The second kappa shape index (κ2) is 3.98. The fourth-order valence-corrected chi connectivity index (χ4v) is 1.84. The Morgan fingerprint density at radius 1 is 1.67 bits per heavy atom. The standard InChI is InChI=1S/C11H15N3O/c1-8-5-13-3-2-9(8)6-14-7-10(12)4-11(14)15/h2-3,5,10H,4,6-7,12H2,1H3. The van der Waals surface area contributed by atoms with E-state index in [1.54, 1.807) is 6.20 Å². The first-order valence-electron chi connectivity index (χ1n) is 5.09. The number of hydrogen-bond donors (Lipinski definition) is 1. The highest BCUT2D eigenvalue weighted by atomic mass is 16.2. The summed E-state index contributed by atoms with van der Waals surface area (Å²) in [5.74, 6) is 0.152. The minimum absolute atomic E-state index is 0.000330. The Hall–Kier alpha value is -1.42. The van der Waals surface area contributed by atoms with E-state index in [2.05, 4.69) is 4.98 Å². The Morgan fingerprint density at radius 2 is 2.47 bits per heavy atom. The molecule has 1 atom stereocenters. The number of nitrogens with two attached hydrogens (primary N) is 1. The van der Waals surface area contributed by atoms with Crippen molar-refractivity contribution in [3.8, 4) is 0 Å². The van der Waals surface area contributed by atoms with Crippen molar-refractivity contribution < 1.29 is 4.79 Å². The van der Waals surface area contributed by atoms with E-state index in [4.69, 9.17) is 5.73 Å². The van der Waals surface area contributed by atoms with Crippen molar-refractivity contribution >= 4 is 5.91 Å². The van der Waals surface area contributed by atoms with E-state index in [0.717, 1.165) is 11.1 Å². The maximum absolute atomic E-state index is 11.5. The van der Waals surface area contributed by atoms with Crippen LogP contribution in [0.1, 0.15) is 17.5 Å². The summed E-state index contributed by atoms with van der Waals surface area (Å²) in [7, 11) is 0. The molecule has 15 heavy (non-hydrogen) atoms. The largest absolute Gasteiger partial charge is 0.337 e. The summed E-state index contributed by atoms with van der Waals surface area (Å²) in [5, 5.41) is 0. The molecule has 1 aromatic heterocycles. The van der Waals surface area contributed by atoms with Gasteiger partial charge in [-0.25, -0.2) is 0 Å². The molecule has 1 unspecified atom stereocenters. The average Bonchev–Trinajstić information content (AvgIpc) is 2.49. The zero-order valence-corrected chi connectivity index (χ0v) is 8.81. The molecule has 2 heterocycles. The van der Waals surface area contributed by atoms with Gasteiger partial charge in [0.1, 0.15) is 0 Å².